The van der Waals surface area contributed by atoms with Crippen molar-refractivity contribution >= 4 is 27.5 Å². The molecule has 3 aromatic carbocycles. The van der Waals surface area contributed by atoms with Crippen molar-refractivity contribution in [2.24, 2.45) is 0 Å². The minimum Gasteiger partial charge on any atom is -0.494 e. The number of benzene rings is 3. The average Bonchev–Trinajstić information content (AvgIpc) is 2.97. The van der Waals surface area contributed by atoms with Crippen molar-refractivity contribution in [2.75, 3.05) is 24.0 Å². The maximum Gasteiger partial charge on any atom is 0.264 e. The Morgan fingerprint density at radius 3 is 2.15 bits per heavy atom. The van der Waals surface area contributed by atoms with Crippen molar-refractivity contribution in [3.8, 4) is 5.75 Å². The van der Waals surface area contributed by atoms with Crippen LogP contribution in [0.1, 0.15) is 39.7 Å². The van der Waals surface area contributed by atoms with Crippen molar-refractivity contribution in [1.82, 2.24) is 10.2 Å². The van der Waals surface area contributed by atoms with Gasteiger partial charge in [0.05, 0.1) is 17.2 Å². The average molecular weight is 584 g/mol. The zero-order valence-corrected chi connectivity index (χ0v) is 24.7. The molecule has 10 heteroatoms. The first-order chi connectivity index (χ1) is 19.6. The van der Waals surface area contributed by atoms with E-state index in [4.69, 9.17) is 4.74 Å². The lowest BCUT2D eigenvalue weighted by Gasteiger charge is -2.32. The fourth-order valence-corrected chi connectivity index (χ4v) is 5.59. The lowest BCUT2D eigenvalue weighted by atomic mass is 10.1. The smallest absolute Gasteiger partial charge is 0.264 e. The summed E-state index contributed by atoms with van der Waals surface area (Å²) in [5.41, 5.74) is 1.20. The van der Waals surface area contributed by atoms with E-state index in [1.54, 1.807) is 31.2 Å². The molecule has 0 heterocycles. The molecule has 3 aromatic rings. The number of amides is 2. The van der Waals surface area contributed by atoms with Gasteiger partial charge in [0.15, 0.2) is 0 Å². The van der Waals surface area contributed by atoms with Crippen molar-refractivity contribution in [3.63, 3.8) is 0 Å². The number of carbonyl (C=O) groups excluding carboxylic acids is 2. The third kappa shape index (κ3) is 8.53. The largest absolute Gasteiger partial charge is 0.494 e. The summed E-state index contributed by atoms with van der Waals surface area (Å²) < 4.78 is 47.7. The van der Waals surface area contributed by atoms with Crippen LogP contribution in [0.5, 0.6) is 5.75 Å². The van der Waals surface area contributed by atoms with Gasteiger partial charge in [0.25, 0.3) is 10.0 Å². The zero-order chi connectivity index (χ0) is 30.0. The Morgan fingerprint density at radius 1 is 0.927 bits per heavy atom. The van der Waals surface area contributed by atoms with Gasteiger partial charge in [0.2, 0.25) is 11.8 Å². The number of nitrogens with one attached hydrogen (secondary N) is 1. The summed E-state index contributed by atoms with van der Waals surface area (Å²) in [6, 6.07) is 19.4. The first-order valence-electron chi connectivity index (χ1n) is 13.7. The summed E-state index contributed by atoms with van der Waals surface area (Å²) >= 11 is 0. The molecule has 220 valence electrons. The summed E-state index contributed by atoms with van der Waals surface area (Å²) in [6.45, 7) is 7.36. The molecule has 0 aliphatic carbocycles. The van der Waals surface area contributed by atoms with Crippen molar-refractivity contribution in [3.05, 3.63) is 90.2 Å². The van der Waals surface area contributed by atoms with E-state index in [1.807, 2.05) is 51.1 Å². The molecule has 0 bridgehead atoms. The Bertz CT molecular complexity index is 1380. The maximum absolute atomic E-state index is 13.9. The van der Waals surface area contributed by atoms with Gasteiger partial charge in [-0.2, -0.15) is 0 Å². The lowest BCUT2D eigenvalue weighted by molar-refractivity contribution is -0.139. The van der Waals surface area contributed by atoms with E-state index in [-0.39, 0.29) is 29.1 Å². The summed E-state index contributed by atoms with van der Waals surface area (Å²) in [5, 5.41) is 2.91. The monoisotopic (exact) mass is 583 g/mol. The highest BCUT2D eigenvalue weighted by Crippen LogP contribution is 2.26. The van der Waals surface area contributed by atoms with Crippen LogP contribution in [0.3, 0.4) is 0 Å². The number of nitrogens with zero attached hydrogens (tertiary/aromatic N) is 2. The Labute approximate surface area is 242 Å². The molecule has 41 heavy (non-hydrogen) atoms. The second-order valence-electron chi connectivity index (χ2n) is 9.71. The molecule has 8 nitrogen and oxygen atoms in total. The predicted molar refractivity (Wildman–Crippen MR) is 158 cm³/mol. The molecular formula is C31H38FN3O5S. The molecule has 2 atom stereocenters. The highest BCUT2D eigenvalue weighted by molar-refractivity contribution is 7.92. The van der Waals surface area contributed by atoms with E-state index in [1.165, 1.54) is 4.90 Å². The molecule has 0 radical (unpaired) electrons. The van der Waals surface area contributed by atoms with Crippen LogP contribution in [0, 0.1) is 5.82 Å². The Balaban J connectivity index is 1.98. The van der Waals surface area contributed by atoms with Gasteiger partial charge >= 0.3 is 0 Å². The van der Waals surface area contributed by atoms with E-state index >= 15 is 0 Å². The van der Waals surface area contributed by atoms with Crippen LogP contribution in [0.4, 0.5) is 10.1 Å². The number of hydrogen-bond acceptors (Lipinski definition) is 5. The molecule has 0 fully saturated rings. The van der Waals surface area contributed by atoms with E-state index in [0.29, 0.717) is 18.8 Å². The second kappa shape index (κ2) is 14.6. The van der Waals surface area contributed by atoms with Gasteiger partial charge < -0.3 is 15.0 Å². The fourth-order valence-electron chi connectivity index (χ4n) is 4.17. The summed E-state index contributed by atoms with van der Waals surface area (Å²) in [7, 11) is -4.28. The van der Waals surface area contributed by atoms with Crippen LogP contribution in [0.15, 0.2) is 83.8 Å². The van der Waals surface area contributed by atoms with Gasteiger partial charge in [0.1, 0.15) is 24.2 Å². The molecule has 1 N–H and O–H groups in total. The SMILES string of the molecule is CCOc1ccc(N(CC(=O)N(CCc2ccccc2)[C@H](C)C(=O)N[C@@H](C)CC)S(=O)(=O)c2ccc(F)cc2)cc1. The van der Waals surface area contributed by atoms with E-state index in [2.05, 4.69) is 5.32 Å². The van der Waals surface area contributed by atoms with Gasteiger partial charge in [-0.15, -0.1) is 0 Å². The van der Waals surface area contributed by atoms with Gasteiger partial charge in [-0.3, -0.25) is 13.9 Å². The highest BCUT2D eigenvalue weighted by Gasteiger charge is 2.32. The van der Waals surface area contributed by atoms with Crippen molar-refractivity contribution < 1.29 is 27.1 Å². The molecule has 0 saturated heterocycles. The van der Waals surface area contributed by atoms with Gasteiger partial charge in [-0.1, -0.05) is 37.3 Å². The molecule has 3 rings (SSSR count). The molecule has 0 aromatic heterocycles. The Hall–Kier alpha value is -3.92. The minimum absolute atomic E-state index is 0.0877. The zero-order valence-electron chi connectivity index (χ0n) is 23.9. The van der Waals surface area contributed by atoms with Crippen molar-refractivity contribution in [2.45, 2.75) is 57.5 Å². The second-order valence-corrected chi connectivity index (χ2v) is 11.6. The van der Waals surface area contributed by atoms with E-state index in [0.717, 1.165) is 40.6 Å². The standard InChI is InChI=1S/C31H38FN3O5S/c1-5-23(3)33-31(37)24(4)34(21-20-25-10-8-7-9-11-25)30(36)22-35(27-14-16-28(17-15-27)40-6-2)41(38,39)29-18-12-26(32)13-19-29/h7-19,23-24H,5-6,20-22H2,1-4H3,(H,33,37)/t23-,24+/m0/s1. The maximum atomic E-state index is 13.9. The molecule has 0 unspecified atom stereocenters. The van der Waals surface area contributed by atoms with Crippen LogP contribution in [-0.2, 0) is 26.0 Å². The predicted octanol–water partition coefficient (Wildman–Crippen LogP) is 4.79. The van der Waals surface area contributed by atoms with Gasteiger partial charge in [-0.25, -0.2) is 12.8 Å². The summed E-state index contributed by atoms with van der Waals surface area (Å²) in [5.74, 6) is -0.913. The molecule has 2 amide bonds. The number of sulfonamides is 1. The summed E-state index contributed by atoms with van der Waals surface area (Å²) in [6.07, 6.45) is 1.19. The molecular weight excluding hydrogens is 545 g/mol. The van der Waals surface area contributed by atoms with Crippen LogP contribution >= 0.6 is 0 Å². The molecule has 0 saturated carbocycles. The van der Waals surface area contributed by atoms with Crippen LogP contribution in [-0.4, -0.2) is 56.9 Å². The number of halogens is 1. The van der Waals surface area contributed by atoms with Crippen LogP contribution in [0.2, 0.25) is 0 Å². The topological polar surface area (TPSA) is 96.0 Å². The number of hydrogen-bond donors (Lipinski definition) is 1. The first kappa shape index (κ1) is 31.6. The summed E-state index contributed by atoms with van der Waals surface area (Å²) in [4.78, 5) is 28.2. The number of ether oxygens (including phenoxy) is 1. The molecule has 0 spiro atoms. The quantitative estimate of drug-likeness (QED) is 0.294. The lowest BCUT2D eigenvalue weighted by Crippen LogP contribution is -2.53. The number of anilines is 1. The number of carbonyl (C=O) groups is 2. The Kier molecular flexibility index (Phi) is 11.3. The normalized spacial score (nSPS) is 12.7. The molecule has 0 aliphatic rings. The third-order valence-corrected chi connectivity index (χ3v) is 8.56. The van der Waals surface area contributed by atoms with Gasteiger partial charge in [-0.05, 0) is 87.7 Å². The number of rotatable bonds is 14. The Morgan fingerprint density at radius 2 is 1.56 bits per heavy atom. The molecule has 0 aliphatic heterocycles. The van der Waals surface area contributed by atoms with Crippen LogP contribution in [0.25, 0.3) is 0 Å². The van der Waals surface area contributed by atoms with Crippen molar-refractivity contribution in [1.29, 1.82) is 0 Å². The van der Waals surface area contributed by atoms with Crippen LogP contribution < -0.4 is 14.4 Å². The minimum atomic E-state index is -4.28. The van der Waals surface area contributed by atoms with E-state index in [9.17, 15) is 22.4 Å². The fraction of sp³-hybridized carbons (Fsp3) is 0.355. The first-order valence-corrected chi connectivity index (χ1v) is 15.2. The van der Waals surface area contributed by atoms with E-state index < -0.39 is 34.3 Å². The highest BCUT2D eigenvalue weighted by atomic mass is 32.2. The van der Waals surface area contributed by atoms with Gasteiger partial charge in [0, 0.05) is 12.6 Å². The third-order valence-electron chi connectivity index (χ3n) is 6.77.